The van der Waals surface area contributed by atoms with Crippen LogP contribution in [0.25, 0.3) is 0 Å². The standard InChI is InChI=1S/C16H24N2O2S/c1-4-12-8-10-21-13(12)11-18-9-7-14(19)17-16(5-2,6-3)15(18)20/h8,10H,4-7,9,11H2,1-3H3,(H,17,19). The number of aryl methyl sites for hydroxylation is 1. The summed E-state index contributed by atoms with van der Waals surface area (Å²) in [7, 11) is 0. The Labute approximate surface area is 130 Å². The smallest absolute Gasteiger partial charge is 0.248 e. The van der Waals surface area contributed by atoms with Crippen molar-refractivity contribution in [3.05, 3.63) is 21.9 Å². The molecular formula is C16H24N2O2S. The molecule has 0 saturated carbocycles. The van der Waals surface area contributed by atoms with E-state index >= 15 is 0 Å². The van der Waals surface area contributed by atoms with Gasteiger partial charge >= 0.3 is 0 Å². The zero-order valence-corrected chi connectivity index (χ0v) is 13.9. The van der Waals surface area contributed by atoms with Crippen molar-refractivity contribution in [2.45, 2.75) is 58.5 Å². The minimum Gasteiger partial charge on any atom is -0.342 e. The summed E-state index contributed by atoms with van der Waals surface area (Å²) in [5, 5.41) is 5.03. The summed E-state index contributed by atoms with van der Waals surface area (Å²) < 4.78 is 0. The van der Waals surface area contributed by atoms with Crippen molar-refractivity contribution in [1.29, 1.82) is 0 Å². The minimum atomic E-state index is -0.725. The van der Waals surface area contributed by atoms with Crippen LogP contribution in [0.4, 0.5) is 0 Å². The lowest BCUT2D eigenvalue weighted by Gasteiger charge is -2.33. The van der Waals surface area contributed by atoms with E-state index in [1.165, 1.54) is 10.4 Å². The first-order valence-corrected chi connectivity index (χ1v) is 8.59. The van der Waals surface area contributed by atoms with Crippen LogP contribution in [-0.2, 0) is 22.6 Å². The van der Waals surface area contributed by atoms with Gasteiger partial charge in [-0.15, -0.1) is 11.3 Å². The molecule has 1 aromatic heterocycles. The van der Waals surface area contributed by atoms with Crippen LogP contribution in [0.15, 0.2) is 11.4 Å². The summed E-state index contributed by atoms with van der Waals surface area (Å²) in [6.45, 7) is 7.19. The number of nitrogens with zero attached hydrogens (tertiary/aromatic N) is 1. The van der Waals surface area contributed by atoms with Crippen molar-refractivity contribution in [2.75, 3.05) is 6.54 Å². The van der Waals surface area contributed by atoms with Crippen LogP contribution in [0.1, 0.15) is 50.5 Å². The maximum Gasteiger partial charge on any atom is 0.248 e. The average molecular weight is 308 g/mol. The van der Waals surface area contributed by atoms with E-state index in [-0.39, 0.29) is 11.8 Å². The Hall–Kier alpha value is -1.36. The molecule has 21 heavy (non-hydrogen) atoms. The van der Waals surface area contributed by atoms with E-state index in [2.05, 4.69) is 23.7 Å². The Morgan fingerprint density at radius 3 is 2.62 bits per heavy atom. The molecule has 0 aliphatic carbocycles. The van der Waals surface area contributed by atoms with Gasteiger partial charge in [0.05, 0.1) is 6.54 Å². The normalized spacial score (nSPS) is 18.5. The zero-order valence-electron chi connectivity index (χ0n) is 13.1. The largest absolute Gasteiger partial charge is 0.342 e. The van der Waals surface area contributed by atoms with Crippen LogP contribution in [-0.4, -0.2) is 28.8 Å². The number of hydrogen-bond acceptors (Lipinski definition) is 3. The lowest BCUT2D eigenvalue weighted by atomic mass is 9.91. The van der Waals surface area contributed by atoms with E-state index in [1.54, 1.807) is 11.3 Å². The lowest BCUT2D eigenvalue weighted by molar-refractivity contribution is -0.139. The Morgan fingerprint density at radius 1 is 1.29 bits per heavy atom. The molecule has 2 amide bonds. The van der Waals surface area contributed by atoms with Crippen LogP contribution in [0.3, 0.4) is 0 Å². The Balaban J connectivity index is 2.26. The topological polar surface area (TPSA) is 49.4 Å². The van der Waals surface area contributed by atoms with Crippen molar-refractivity contribution in [2.24, 2.45) is 0 Å². The van der Waals surface area contributed by atoms with Gasteiger partial charge in [0, 0.05) is 17.8 Å². The van der Waals surface area contributed by atoms with E-state index < -0.39 is 5.54 Å². The average Bonchev–Trinajstić information content (AvgIpc) is 2.90. The minimum absolute atomic E-state index is 0.0172. The molecule has 1 aliphatic rings. The molecule has 1 aliphatic heterocycles. The first-order valence-electron chi connectivity index (χ1n) is 7.72. The molecule has 2 heterocycles. The molecule has 1 aromatic rings. The fourth-order valence-corrected chi connectivity index (χ4v) is 3.89. The van der Waals surface area contributed by atoms with Crippen LogP contribution < -0.4 is 5.32 Å². The highest BCUT2D eigenvalue weighted by Gasteiger charge is 2.41. The second kappa shape index (κ2) is 6.60. The number of rotatable bonds is 5. The molecule has 1 N–H and O–H groups in total. The molecule has 1 saturated heterocycles. The van der Waals surface area contributed by atoms with Gasteiger partial charge in [0.25, 0.3) is 0 Å². The molecular weight excluding hydrogens is 284 g/mol. The molecule has 0 atom stereocenters. The van der Waals surface area contributed by atoms with E-state index in [4.69, 9.17) is 0 Å². The number of carbonyl (C=O) groups is 2. The van der Waals surface area contributed by atoms with E-state index in [0.29, 0.717) is 32.4 Å². The third-order valence-electron chi connectivity index (χ3n) is 4.44. The molecule has 0 radical (unpaired) electrons. The quantitative estimate of drug-likeness (QED) is 0.909. The van der Waals surface area contributed by atoms with E-state index in [1.807, 2.05) is 18.7 Å². The fraction of sp³-hybridized carbons (Fsp3) is 0.625. The van der Waals surface area contributed by atoms with Crippen LogP contribution in [0.2, 0.25) is 0 Å². The van der Waals surface area contributed by atoms with Crippen LogP contribution >= 0.6 is 11.3 Å². The molecule has 0 bridgehead atoms. The predicted octanol–water partition coefficient (Wildman–Crippen LogP) is 2.72. The van der Waals surface area contributed by atoms with Crippen molar-refractivity contribution in [3.63, 3.8) is 0 Å². The Morgan fingerprint density at radius 2 is 2.00 bits per heavy atom. The zero-order chi connectivity index (χ0) is 15.5. The van der Waals surface area contributed by atoms with Crippen molar-refractivity contribution < 1.29 is 9.59 Å². The molecule has 0 aromatic carbocycles. The highest BCUT2D eigenvalue weighted by molar-refractivity contribution is 7.10. The number of nitrogens with one attached hydrogen (secondary N) is 1. The summed E-state index contributed by atoms with van der Waals surface area (Å²) in [6.07, 6.45) is 2.64. The third kappa shape index (κ3) is 3.12. The van der Waals surface area contributed by atoms with Crippen molar-refractivity contribution in [3.8, 4) is 0 Å². The fourth-order valence-electron chi connectivity index (χ4n) is 2.90. The van der Waals surface area contributed by atoms with Gasteiger partial charge in [-0.05, 0) is 36.3 Å². The first kappa shape index (κ1) is 16.0. The van der Waals surface area contributed by atoms with Crippen LogP contribution in [0, 0.1) is 0 Å². The number of carbonyl (C=O) groups excluding carboxylic acids is 2. The molecule has 5 heteroatoms. The molecule has 0 unspecified atom stereocenters. The lowest BCUT2D eigenvalue weighted by Crippen LogP contribution is -2.56. The Kier molecular flexibility index (Phi) is 5.04. The van der Waals surface area contributed by atoms with Gasteiger partial charge in [0.15, 0.2) is 0 Å². The summed E-state index contributed by atoms with van der Waals surface area (Å²) in [5.41, 5.74) is 0.576. The monoisotopic (exact) mass is 308 g/mol. The Bertz CT molecular complexity index is 520. The van der Waals surface area contributed by atoms with Gasteiger partial charge in [0.1, 0.15) is 5.54 Å². The van der Waals surface area contributed by atoms with Crippen molar-refractivity contribution in [1.82, 2.24) is 10.2 Å². The second-order valence-corrected chi connectivity index (χ2v) is 6.54. The van der Waals surface area contributed by atoms with E-state index in [0.717, 1.165) is 6.42 Å². The molecule has 1 fully saturated rings. The van der Waals surface area contributed by atoms with Gasteiger partial charge in [-0.25, -0.2) is 0 Å². The third-order valence-corrected chi connectivity index (χ3v) is 5.39. The van der Waals surface area contributed by atoms with Gasteiger partial charge in [0.2, 0.25) is 11.8 Å². The summed E-state index contributed by atoms with van der Waals surface area (Å²) >= 11 is 1.69. The number of hydrogen-bond donors (Lipinski definition) is 1. The second-order valence-electron chi connectivity index (χ2n) is 5.54. The highest BCUT2D eigenvalue weighted by Crippen LogP contribution is 2.26. The van der Waals surface area contributed by atoms with Crippen LogP contribution in [0.5, 0.6) is 0 Å². The van der Waals surface area contributed by atoms with Gasteiger partial charge < -0.3 is 10.2 Å². The summed E-state index contributed by atoms with van der Waals surface area (Å²) in [6, 6.07) is 2.12. The maximum atomic E-state index is 12.9. The summed E-state index contributed by atoms with van der Waals surface area (Å²) in [5.74, 6) is 0.0465. The number of amides is 2. The first-order chi connectivity index (χ1) is 10.1. The molecule has 116 valence electrons. The van der Waals surface area contributed by atoms with Crippen molar-refractivity contribution >= 4 is 23.2 Å². The SMILES string of the molecule is CCc1ccsc1CN1CCC(=O)NC(CC)(CC)C1=O. The maximum absolute atomic E-state index is 12.9. The van der Waals surface area contributed by atoms with Gasteiger partial charge in [-0.3, -0.25) is 9.59 Å². The van der Waals surface area contributed by atoms with E-state index in [9.17, 15) is 9.59 Å². The molecule has 2 rings (SSSR count). The molecule has 0 spiro atoms. The number of thiophene rings is 1. The predicted molar refractivity (Wildman–Crippen MR) is 85.2 cm³/mol. The molecule has 4 nitrogen and oxygen atoms in total. The van der Waals surface area contributed by atoms with Gasteiger partial charge in [-0.2, -0.15) is 0 Å². The highest BCUT2D eigenvalue weighted by atomic mass is 32.1. The van der Waals surface area contributed by atoms with Gasteiger partial charge in [-0.1, -0.05) is 20.8 Å². The summed E-state index contributed by atoms with van der Waals surface area (Å²) in [4.78, 5) is 28.0.